The Morgan fingerprint density at radius 2 is 1.58 bits per heavy atom. The molecule has 1 amide bonds. The van der Waals surface area contributed by atoms with Crippen LogP contribution >= 0.6 is 0 Å². The van der Waals surface area contributed by atoms with E-state index < -0.39 is 23.7 Å². The number of aliphatic hydroxyl groups is 1. The lowest BCUT2D eigenvalue weighted by Crippen LogP contribution is -2.38. The summed E-state index contributed by atoms with van der Waals surface area (Å²) in [6, 6.07) is 12.5. The van der Waals surface area contributed by atoms with E-state index in [2.05, 4.69) is 4.90 Å². The molecule has 0 aromatic heterocycles. The number of carbonyl (C=O) groups is 3. The zero-order valence-corrected chi connectivity index (χ0v) is 21.5. The second kappa shape index (κ2) is 11.9. The molecule has 192 valence electrons. The number of esters is 1. The van der Waals surface area contributed by atoms with Crippen molar-refractivity contribution in [1.82, 2.24) is 9.80 Å². The van der Waals surface area contributed by atoms with Crippen LogP contribution in [0.1, 0.15) is 55.2 Å². The summed E-state index contributed by atoms with van der Waals surface area (Å²) in [6.07, 6.45) is -0.00598. The zero-order valence-electron chi connectivity index (χ0n) is 21.5. The minimum absolute atomic E-state index is 0.00598. The summed E-state index contributed by atoms with van der Waals surface area (Å²) in [5, 5.41) is 11.2. The van der Waals surface area contributed by atoms with Gasteiger partial charge in [-0.2, -0.15) is 0 Å². The van der Waals surface area contributed by atoms with Crippen LogP contribution in [0, 0.1) is 0 Å². The van der Waals surface area contributed by atoms with Gasteiger partial charge in [-0.15, -0.1) is 0 Å². The van der Waals surface area contributed by atoms with E-state index in [1.807, 2.05) is 27.7 Å². The molecule has 8 nitrogen and oxygen atoms in total. The summed E-state index contributed by atoms with van der Waals surface area (Å²) in [5.41, 5.74) is 1.39. The van der Waals surface area contributed by atoms with Gasteiger partial charge in [0.15, 0.2) is 0 Å². The maximum atomic E-state index is 13.2. The van der Waals surface area contributed by atoms with Crippen LogP contribution < -0.4 is 4.74 Å². The summed E-state index contributed by atoms with van der Waals surface area (Å²) in [6.45, 7) is 10.4. The van der Waals surface area contributed by atoms with E-state index >= 15 is 0 Å². The third kappa shape index (κ3) is 5.76. The molecule has 0 radical (unpaired) electrons. The number of rotatable bonds is 10. The first-order valence-electron chi connectivity index (χ1n) is 12.2. The summed E-state index contributed by atoms with van der Waals surface area (Å²) < 4.78 is 10.4. The monoisotopic (exact) mass is 494 g/mol. The molecule has 0 unspecified atom stereocenters. The van der Waals surface area contributed by atoms with Crippen molar-refractivity contribution < 1.29 is 29.0 Å². The Hall–Kier alpha value is -3.65. The molecule has 1 fully saturated rings. The van der Waals surface area contributed by atoms with Crippen molar-refractivity contribution in [2.45, 2.75) is 39.8 Å². The summed E-state index contributed by atoms with van der Waals surface area (Å²) in [7, 11) is 1.30. The largest absolute Gasteiger partial charge is 0.507 e. The van der Waals surface area contributed by atoms with E-state index in [1.54, 1.807) is 48.5 Å². The van der Waals surface area contributed by atoms with Gasteiger partial charge in [-0.3, -0.25) is 9.59 Å². The average molecular weight is 495 g/mol. The fraction of sp³-hybridized carbons (Fsp3) is 0.393. The molecular weight excluding hydrogens is 460 g/mol. The number of carbonyl (C=O) groups excluding carboxylic acids is 3. The lowest BCUT2D eigenvalue weighted by Gasteiger charge is -2.28. The Labute approximate surface area is 212 Å². The predicted octanol–water partition coefficient (Wildman–Crippen LogP) is 4.02. The highest BCUT2D eigenvalue weighted by atomic mass is 16.5. The first-order chi connectivity index (χ1) is 17.2. The van der Waals surface area contributed by atoms with Crippen LogP contribution in [0.3, 0.4) is 0 Å². The zero-order chi connectivity index (χ0) is 26.4. The highest BCUT2D eigenvalue weighted by Gasteiger charge is 2.46. The number of aliphatic hydroxyl groups excluding tert-OH is 1. The van der Waals surface area contributed by atoms with Crippen LogP contribution in [0.15, 0.2) is 54.1 Å². The third-order valence-electron chi connectivity index (χ3n) is 6.24. The number of amides is 1. The SMILES string of the molecule is CCN(CC)CCN1C(=O)C(=O)C(=C(O)c2ccc(OC(C)C)cc2)[C@H]1c1ccc(C(=O)OC)cc1. The standard InChI is InChI=1S/C28H34N2O6/c1-6-29(7-2)16-17-30-24(19-8-10-21(11-9-19)28(34)35-5)23(26(32)27(30)33)25(31)20-12-14-22(15-13-20)36-18(3)4/h8-15,18,24,31H,6-7,16-17H2,1-5H3/t24-/m1/s1. The molecule has 1 saturated heterocycles. The van der Waals surface area contributed by atoms with Gasteiger partial charge in [-0.25, -0.2) is 4.79 Å². The number of methoxy groups -OCH3 is 1. The minimum Gasteiger partial charge on any atom is -0.507 e. The molecule has 2 aromatic rings. The van der Waals surface area contributed by atoms with E-state index in [-0.39, 0.29) is 17.4 Å². The molecule has 1 aliphatic rings. The molecule has 8 heteroatoms. The predicted molar refractivity (Wildman–Crippen MR) is 137 cm³/mol. The van der Waals surface area contributed by atoms with E-state index in [9.17, 15) is 19.5 Å². The second-order valence-corrected chi connectivity index (χ2v) is 8.82. The average Bonchev–Trinajstić information content (AvgIpc) is 3.13. The minimum atomic E-state index is -0.793. The molecular formula is C28H34N2O6. The van der Waals surface area contributed by atoms with Crippen LogP contribution in [0.2, 0.25) is 0 Å². The summed E-state index contributed by atoms with van der Waals surface area (Å²) >= 11 is 0. The van der Waals surface area contributed by atoms with Crippen molar-refractivity contribution in [3.63, 3.8) is 0 Å². The fourth-order valence-corrected chi connectivity index (χ4v) is 4.28. The van der Waals surface area contributed by atoms with E-state index in [4.69, 9.17) is 9.47 Å². The molecule has 0 aliphatic carbocycles. The highest BCUT2D eigenvalue weighted by Crippen LogP contribution is 2.39. The lowest BCUT2D eigenvalue weighted by atomic mass is 9.94. The van der Waals surface area contributed by atoms with Crippen molar-refractivity contribution in [1.29, 1.82) is 0 Å². The van der Waals surface area contributed by atoms with Crippen molar-refractivity contribution in [3.05, 3.63) is 70.8 Å². The number of Topliss-reactive ketones (excluding diaryl/α,β-unsaturated/α-hetero) is 1. The van der Waals surface area contributed by atoms with Crippen molar-refractivity contribution in [2.75, 3.05) is 33.3 Å². The van der Waals surface area contributed by atoms with Gasteiger partial charge in [-0.05, 0) is 68.9 Å². The Bertz CT molecular complexity index is 1120. The number of nitrogens with zero attached hydrogens (tertiary/aromatic N) is 2. The van der Waals surface area contributed by atoms with Gasteiger partial charge in [0.2, 0.25) is 0 Å². The van der Waals surface area contributed by atoms with Crippen molar-refractivity contribution in [3.8, 4) is 5.75 Å². The lowest BCUT2D eigenvalue weighted by molar-refractivity contribution is -0.140. The fourth-order valence-electron chi connectivity index (χ4n) is 4.28. The number of hydrogen-bond acceptors (Lipinski definition) is 7. The van der Waals surface area contributed by atoms with Gasteiger partial charge in [0.1, 0.15) is 11.5 Å². The first-order valence-corrected chi connectivity index (χ1v) is 12.2. The smallest absolute Gasteiger partial charge is 0.337 e. The molecule has 1 aliphatic heterocycles. The van der Waals surface area contributed by atoms with E-state index in [0.29, 0.717) is 35.5 Å². The molecule has 0 saturated carbocycles. The molecule has 1 heterocycles. The van der Waals surface area contributed by atoms with E-state index in [0.717, 1.165) is 13.1 Å². The molecule has 1 N–H and O–H groups in total. The highest BCUT2D eigenvalue weighted by molar-refractivity contribution is 6.46. The van der Waals surface area contributed by atoms with Gasteiger partial charge in [0.05, 0.1) is 30.4 Å². The van der Waals surface area contributed by atoms with Gasteiger partial charge < -0.3 is 24.4 Å². The Morgan fingerprint density at radius 1 is 1.00 bits per heavy atom. The Kier molecular flexibility index (Phi) is 8.88. The number of hydrogen-bond donors (Lipinski definition) is 1. The maximum absolute atomic E-state index is 13.2. The quantitative estimate of drug-likeness (QED) is 0.231. The van der Waals surface area contributed by atoms with Crippen LogP contribution in [-0.2, 0) is 14.3 Å². The van der Waals surface area contributed by atoms with Crippen LogP contribution in [0.5, 0.6) is 5.75 Å². The Morgan fingerprint density at radius 3 is 2.11 bits per heavy atom. The van der Waals surface area contributed by atoms with Crippen molar-refractivity contribution in [2.24, 2.45) is 0 Å². The molecule has 36 heavy (non-hydrogen) atoms. The van der Waals surface area contributed by atoms with Gasteiger partial charge in [-0.1, -0.05) is 26.0 Å². The molecule has 3 rings (SSSR count). The molecule has 0 spiro atoms. The van der Waals surface area contributed by atoms with Gasteiger partial charge >= 0.3 is 5.97 Å². The van der Waals surface area contributed by atoms with Crippen LogP contribution in [0.25, 0.3) is 5.76 Å². The third-order valence-corrected chi connectivity index (χ3v) is 6.24. The summed E-state index contributed by atoms with van der Waals surface area (Å²) in [4.78, 5) is 41.9. The van der Waals surface area contributed by atoms with Gasteiger partial charge in [0, 0.05) is 18.7 Å². The first kappa shape index (κ1) is 26.9. The number of ether oxygens (including phenoxy) is 2. The maximum Gasteiger partial charge on any atom is 0.337 e. The number of likely N-dealkylation sites (tertiary alicyclic amines) is 1. The molecule has 1 atom stereocenters. The van der Waals surface area contributed by atoms with Crippen LogP contribution in [-0.4, -0.2) is 72.0 Å². The number of likely N-dealkylation sites (N-methyl/N-ethyl adjacent to an activating group) is 1. The second-order valence-electron chi connectivity index (χ2n) is 8.82. The Balaban J connectivity index is 2.06. The van der Waals surface area contributed by atoms with Crippen LogP contribution in [0.4, 0.5) is 0 Å². The molecule has 0 bridgehead atoms. The van der Waals surface area contributed by atoms with Gasteiger partial charge in [0.25, 0.3) is 11.7 Å². The summed E-state index contributed by atoms with van der Waals surface area (Å²) in [5.74, 6) is -1.50. The number of ketones is 1. The van der Waals surface area contributed by atoms with E-state index in [1.165, 1.54) is 12.0 Å². The normalized spacial score (nSPS) is 17.2. The molecule has 2 aromatic carbocycles. The van der Waals surface area contributed by atoms with Crippen molar-refractivity contribution >= 4 is 23.4 Å². The topological polar surface area (TPSA) is 96.4 Å². The number of benzene rings is 2.